The third-order valence-electron chi connectivity index (χ3n) is 5.58. The van der Waals surface area contributed by atoms with E-state index < -0.39 is 11.6 Å². The highest BCUT2D eigenvalue weighted by Crippen LogP contribution is 2.39. The zero-order valence-electron chi connectivity index (χ0n) is 17.3. The van der Waals surface area contributed by atoms with E-state index in [1.165, 1.54) is 5.57 Å². The minimum absolute atomic E-state index is 0.00235. The molecule has 0 aromatic heterocycles. The SMILES string of the molecule is CCC=C[C@H](CC)CC(=C[C@@]1(CC)C[C@H](CC)[C@H](CC(=O)O)OO1)CC. The average molecular weight is 367 g/mol. The zero-order chi connectivity index (χ0) is 19.6. The standard InChI is InChI=1S/C22H38O4/c1-6-11-12-17(7-2)13-18(8-3)15-22(10-5)16-19(9-4)20(25-26-22)14-21(23)24/h11-12,15,17,19-20H,6-10,13-14,16H2,1-5H3,(H,23,24)/t17-,19-,20-,22-/m0/s1. The minimum atomic E-state index is -0.834. The molecular weight excluding hydrogens is 328 g/mol. The van der Waals surface area contributed by atoms with Crippen molar-refractivity contribution in [1.29, 1.82) is 0 Å². The molecule has 0 unspecified atom stereocenters. The van der Waals surface area contributed by atoms with Gasteiger partial charge in [-0.2, -0.15) is 0 Å². The second-order valence-electron chi connectivity index (χ2n) is 7.47. The van der Waals surface area contributed by atoms with Crippen LogP contribution in [0.2, 0.25) is 0 Å². The van der Waals surface area contributed by atoms with Crippen LogP contribution in [0.15, 0.2) is 23.8 Å². The van der Waals surface area contributed by atoms with Crippen molar-refractivity contribution in [2.45, 2.75) is 97.7 Å². The number of hydrogen-bond acceptors (Lipinski definition) is 3. The molecule has 1 aliphatic heterocycles. The Bertz CT molecular complexity index is 483. The fourth-order valence-corrected chi connectivity index (χ4v) is 3.70. The second-order valence-corrected chi connectivity index (χ2v) is 7.47. The Labute approximate surface area is 159 Å². The monoisotopic (exact) mass is 366 g/mol. The molecule has 0 amide bonds. The molecule has 1 aliphatic rings. The van der Waals surface area contributed by atoms with Crippen LogP contribution in [0, 0.1) is 11.8 Å². The van der Waals surface area contributed by atoms with Crippen LogP contribution in [0.25, 0.3) is 0 Å². The molecule has 0 aromatic carbocycles. The van der Waals surface area contributed by atoms with E-state index in [9.17, 15) is 4.79 Å². The lowest BCUT2D eigenvalue weighted by Gasteiger charge is -2.41. The molecule has 1 fully saturated rings. The average Bonchev–Trinajstić information content (AvgIpc) is 2.65. The topological polar surface area (TPSA) is 55.8 Å². The van der Waals surface area contributed by atoms with E-state index in [1.54, 1.807) is 0 Å². The molecule has 1 N–H and O–H groups in total. The maximum atomic E-state index is 11.1. The third kappa shape index (κ3) is 6.88. The summed E-state index contributed by atoms with van der Waals surface area (Å²) in [6.07, 6.45) is 13.3. The van der Waals surface area contributed by atoms with E-state index >= 15 is 0 Å². The number of hydrogen-bond donors (Lipinski definition) is 1. The van der Waals surface area contributed by atoms with E-state index in [0.717, 1.165) is 44.9 Å². The van der Waals surface area contributed by atoms with Crippen LogP contribution in [0.1, 0.15) is 86.0 Å². The predicted octanol–water partition coefficient (Wildman–Crippen LogP) is 6.08. The van der Waals surface area contributed by atoms with Crippen molar-refractivity contribution < 1.29 is 19.7 Å². The van der Waals surface area contributed by atoms with Gasteiger partial charge in [-0.15, -0.1) is 0 Å². The lowest BCUT2D eigenvalue weighted by Crippen LogP contribution is -2.44. The Morgan fingerprint density at radius 1 is 1.27 bits per heavy atom. The summed E-state index contributed by atoms with van der Waals surface area (Å²) in [6, 6.07) is 0. The third-order valence-corrected chi connectivity index (χ3v) is 5.58. The van der Waals surface area contributed by atoms with Gasteiger partial charge in [0, 0.05) is 0 Å². The molecule has 150 valence electrons. The van der Waals surface area contributed by atoms with Crippen LogP contribution >= 0.6 is 0 Å². The second kappa shape index (κ2) is 11.6. The van der Waals surface area contributed by atoms with Gasteiger partial charge in [-0.05, 0) is 50.4 Å². The highest BCUT2D eigenvalue weighted by atomic mass is 17.2. The Morgan fingerprint density at radius 2 is 2.00 bits per heavy atom. The van der Waals surface area contributed by atoms with Gasteiger partial charge < -0.3 is 5.11 Å². The van der Waals surface area contributed by atoms with Crippen molar-refractivity contribution in [2.24, 2.45) is 11.8 Å². The first-order valence-corrected chi connectivity index (χ1v) is 10.4. The van der Waals surface area contributed by atoms with Crippen molar-refractivity contribution in [3.05, 3.63) is 23.8 Å². The lowest BCUT2D eigenvalue weighted by atomic mass is 9.80. The number of carboxylic acids is 1. The van der Waals surface area contributed by atoms with Crippen LogP contribution in [0.3, 0.4) is 0 Å². The van der Waals surface area contributed by atoms with Gasteiger partial charge in [-0.1, -0.05) is 64.8 Å². The molecular formula is C22H38O4. The van der Waals surface area contributed by atoms with Gasteiger partial charge in [-0.3, -0.25) is 4.79 Å². The Balaban J connectivity index is 2.94. The van der Waals surface area contributed by atoms with E-state index in [1.807, 2.05) is 0 Å². The smallest absolute Gasteiger partial charge is 0.306 e. The first-order valence-electron chi connectivity index (χ1n) is 10.4. The van der Waals surface area contributed by atoms with E-state index in [-0.39, 0.29) is 18.4 Å². The van der Waals surface area contributed by atoms with Crippen molar-refractivity contribution in [2.75, 3.05) is 0 Å². The van der Waals surface area contributed by atoms with E-state index in [2.05, 4.69) is 52.8 Å². The first-order chi connectivity index (χ1) is 12.4. The maximum absolute atomic E-state index is 11.1. The summed E-state index contributed by atoms with van der Waals surface area (Å²) in [5, 5.41) is 9.09. The number of carboxylic acid groups (broad SMARTS) is 1. The number of rotatable bonds is 11. The zero-order valence-corrected chi connectivity index (χ0v) is 17.3. The molecule has 1 heterocycles. The predicted molar refractivity (Wildman–Crippen MR) is 106 cm³/mol. The molecule has 0 spiro atoms. The summed E-state index contributed by atoms with van der Waals surface area (Å²) >= 11 is 0. The van der Waals surface area contributed by atoms with Crippen LogP contribution in [0.4, 0.5) is 0 Å². The summed E-state index contributed by atoms with van der Waals surface area (Å²) in [4.78, 5) is 22.5. The molecule has 26 heavy (non-hydrogen) atoms. The highest BCUT2D eigenvalue weighted by molar-refractivity contribution is 5.67. The molecule has 1 rings (SSSR count). The van der Waals surface area contributed by atoms with Gasteiger partial charge in [0.05, 0.1) is 6.42 Å². The number of allylic oxidation sites excluding steroid dienone is 3. The van der Waals surface area contributed by atoms with Gasteiger partial charge in [0.1, 0.15) is 11.7 Å². The summed E-state index contributed by atoms with van der Waals surface area (Å²) < 4.78 is 0. The van der Waals surface area contributed by atoms with Gasteiger partial charge in [-0.25, -0.2) is 9.78 Å². The molecule has 0 aliphatic carbocycles. The van der Waals surface area contributed by atoms with E-state index in [4.69, 9.17) is 14.9 Å². The highest BCUT2D eigenvalue weighted by Gasteiger charge is 2.41. The van der Waals surface area contributed by atoms with Crippen molar-refractivity contribution >= 4 is 5.97 Å². The molecule has 0 radical (unpaired) electrons. The van der Waals surface area contributed by atoms with E-state index in [0.29, 0.717) is 5.92 Å². The fraction of sp³-hybridized carbons (Fsp3) is 0.773. The van der Waals surface area contributed by atoms with Crippen LogP contribution in [-0.4, -0.2) is 22.8 Å². The Kier molecular flexibility index (Phi) is 10.2. The lowest BCUT2D eigenvalue weighted by molar-refractivity contribution is -0.409. The fourth-order valence-electron chi connectivity index (χ4n) is 3.70. The van der Waals surface area contributed by atoms with Crippen LogP contribution in [0.5, 0.6) is 0 Å². The minimum Gasteiger partial charge on any atom is -0.481 e. The number of aliphatic carboxylic acids is 1. The van der Waals surface area contributed by atoms with Crippen molar-refractivity contribution in [1.82, 2.24) is 0 Å². The van der Waals surface area contributed by atoms with Gasteiger partial charge in [0.25, 0.3) is 0 Å². The molecule has 0 saturated carbocycles. The maximum Gasteiger partial charge on any atom is 0.306 e. The van der Waals surface area contributed by atoms with Crippen LogP contribution in [-0.2, 0) is 14.6 Å². The summed E-state index contributed by atoms with van der Waals surface area (Å²) in [7, 11) is 0. The summed E-state index contributed by atoms with van der Waals surface area (Å²) in [5.74, 6) is -0.0725. The largest absolute Gasteiger partial charge is 0.481 e. The summed E-state index contributed by atoms with van der Waals surface area (Å²) in [5.41, 5.74) is 0.961. The normalized spacial score (nSPS) is 28.4. The molecule has 0 aromatic rings. The molecule has 1 saturated heterocycles. The van der Waals surface area contributed by atoms with Gasteiger partial charge in [0.2, 0.25) is 0 Å². The molecule has 0 bridgehead atoms. The van der Waals surface area contributed by atoms with Gasteiger partial charge >= 0.3 is 5.97 Å². The Morgan fingerprint density at radius 3 is 2.50 bits per heavy atom. The summed E-state index contributed by atoms with van der Waals surface area (Å²) in [6.45, 7) is 10.8. The quantitative estimate of drug-likeness (QED) is 0.356. The van der Waals surface area contributed by atoms with Crippen molar-refractivity contribution in [3.8, 4) is 0 Å². The van der Waals surface area contributed by atoms with Crippen LogP contribution < -0.4 is 0 Å². The molecule has 4 heteroatoms. The molecule has 4 nitrogen and oxygen atoms in total. The first kappa shape index (κ1) is 22.9. The Hall–Kier alpha value is -1.13. The number of carbonyl (C=O) groups is 1. The van der Waals surface area contributed by atoms with Crippen molar-refractivity contribution in [3.63, 3.8) is 0 Å². The van der Waals surface area contributed by atoms with Gasteiger partial charge in [0.15, 0.2) is 0 Å². The molecule has 4 atom stereocenters.